The van der Waals surface area contributed by atoms with Crippen molar-refractivity contribution in [3.05, 3.63) is 64.8 Å². The monoisotopic (exact) mass is 541 g/mol. The maximum absolute atomic E-state index is 12.5. The third-order valence-electron chi connectivity index (χ3n) is 6.74. The molecule has 0 aromatic heterocycles. The molecular formula is C28H32BrNO5. The van der Waals surface area contributed by atoms with Gasteiger partial charge in [-0.1, -0.05) is 69.7 Å². The number of cyclic esters (lactones) is 1. The maximum Gasteiger partial charge on any atom is 0.349 e. The molecule has 0 amide bonds. The molecule has 1 fully saturated rings. The quantitative estimate of drug-likeness (QED) is 0.335. The van der Waals surface area contributed by atoms with Crippen LogP contribution in [0.1, 0.15) is 40.0 Å². The Labute approximate surface area is 215 Å². The number of esters is 2. The molecular weight excluding hydrogens is 510 g/mol. The number of nitrogens with one attached hydrogen (secondary N) is 1. The number of ether oxygens (including phenoxy) is 3. The van der Waals surface area contributed by atoms with E-state index >= 15 is 0 Å². The van der Waals surface area contributed by atoms with E-state index in [9.17, 15) is 9.59 Å². The molecule has 1 heterocycles. The van der Waals surface area contributed by atoms with Crippen LogP contribution < -0.4 is 10.1 Å². The zero-order chi connectivity index (χ0) is 24.9. The third-order valence-corrected chi connectivity index (χ3v) is 7.49. The molecule has 0 bridgehead atoms. The summed E-state index contributed by atoms with van der Waals surface area (Å²) >= 11 is 3.29. The van der Waals surface area contributed by atoms with Crippen molar-refractivity contribution in [2.24, 2.45) is 17.8 Å². The lowest BCUT2D eigenvalue weighted by Crippen LogP contribution is -2.40. The van der Waals surface area contributed by atoms with Crippen LogP contribution in [0.5, 0.6) is 5.75 Å². The summed E-state index contributed by atoms with van der Waals surface area (Å²) in [5.41, 5.74) is 2.55. The Balaban J connectivity index is 1.35. The fourth-order valence-electron chi connectivity index (χ4n) is 4.79. The van der Waals surface area contributed by atoms with Crippen molar-refractivity contribution < 1.29 is 23.8 Å². The normalized spacial score (nSPS) is 24.4. The Hall–Kier alpha value is -2.64. The average Bonchev–Trinajstić information content (AvgIpc) is 3.10. The summed E-state index contributed by atoms with van der Waals surface area (Å²) in [4.78, 5) is 24.7. The Bertz CT molecular complexity index is 1070. The Morgan fingerprint density at radius 1 is 1.09 bits per heavy atom. The van der Waals surface area contributed by atoms with Crippen LogP contribution in [0.25, 0.3) is 11.1 Å². The second-order valence-electron chi connectivity index (χ2n) is 9.68. The Kier molecular flexibility index (Phi) is 8.29. The first-order chi connectivity index (χ1) is 16.8. The topological polar surface area (TPSA) is 73.9 Å². The van der Waals surface area contributed by atoms with Gasteiger partial charge in [-0.15, -0.1) is 0 Å². The van der Waals surface area contributed by atoms with Gasteiger partial charge in [0.05, 0.1) is 6.10 Å². The highest BCUT2D eigenvalue weighted by Crippen LogP contribution is 2.38. The summed E-state index contributed by atoms with van der Waals surface area (Å²) in [5, 5.41) is 3.00. The van der Waals surface area contributed by atoms with Gasteiger partial charge in [0.15, 0.2) is 0 Å². The van der Waals surface area contributed by atoms with Crippen LogP contribution >= 0.6 is 15.9 Å². The van der Waals surface area contributed by atoms with Crippen molar-refractivity contribution >= 4 is 27.9 Å². The standard InChI is InChI=1S/C28H32BrNO5/c1-17(2)22-14-9-18(3)15-23(22)34-28-26(25(29)27(32)35-28)30-16-24(31)33-21-12-10-20(11-13-21)19-7-5-4-6-8-19/h4-8,10-13,17-18,22-23,28,30H,9,14-16H2,1-3H3/t18?,22?,23?,28-/m0/s1. The van der Waals surface area contributed by atoms with Gasteiger partial charge in [-0.05, 0) is 69.8 Å². The molecule has 186 valence electrons. The zero-order valence-corrected chi connectivity index (χ0v) is 21.9. The third kappa shape index (κ3) is 6.33. The highest BCUT2D eigenvalue weighted by Gasteiger charge is 2.39. The van der Waals surface area contributed by atoms with Crippen molar-refractivity contribution in [1.29, 1.82) is 0 Å². The number of rotatable bonds is 8. The fraction of sp³-hybridized carbons (Fsp3) is 0.429. The zero-order valence-electron chi connectivity index (χ0n) is 20.3. The second kappa shape index (κ2) is 11.4. The molecule has 6 nitrogen and oxygen atoms in total. The first kappa shape index (κ1) is 25.5. The maximum atomic E-state index is 12.5. The molecule has 0 saturated heterocycles. The van der Waals surface area contributed by atoms with Crippen molar-refractivity contribution in [2.75, 3.05) is 6.54 Å². The van der Waals surface area contributed by atoms with Crippen LogP contribution in [-0.4, -0.2) is 30.9 Å². The number of hydrogen-bond donors (Lipinski definition) is 1. The lowest BCUT2D eigenvalue weighted by molar-refractivity contribution is -0.182. The van der Waals surface area contributed by atoms with Gasteiger partial charge in [0.2, 0.25) is 6.29 Å². The first-order valence-corrected chi connectivity index (χ1v) is 13.0. The Morgan fingerprint density at radius 2 is 1.77 bits per heavy atom. The fourth-order valence-corrected chi connectivity index (χ4v) is 5.21. The molecule has 4 atom stereocenters. The van der Waals surface area contributed by atoms with Gasteiger partial charge in [-0.3, -0.25) is 0 Å². The lowest BCUT2D eigenvalue weighted by Gasteiger charge is -2.38. The van der Waals surface area contributed by atoms with Crippen LogP contribution in [0.15, 0.2) is 64.8 Å². The summed E-state index contributed by atoms with van der Waals surface area (Å²) < 4.78 is 17.5. The van der Waals surface area contributed by atoms with E-state index in [1.54, 1.807) is 12.1 Å². The summed E-state index contributed by atoms with van der Waals surface area (Å²) in [6.07, 6.45) is 2.31. The lowest BCUT2D eigenvalue weighted by atomic mass is 9.75. The number of carbonyl (C=O) groups excluding carboxylic acids is 2. The molecule has 3 unspecified atom stereocenters. The summed E-state index contributed by atoms with van der Waals surface area (Å²) in [6, 6.07) is 17.3. The number of halogens is 1. The predicted octanol–water partition coefficient (Wildman–Crippen LogP) is 5.82. The van der Waals surface area contributed by atoms with Gasteiger partial charge >= 0.3 is 11.9 Å². The SMILES string of the molecule is CC1CCC(C(C)C)C(O[C@H]2OC(=O)C(Br)=C2NCC(=O)Oc2ccc(-c3ccccc3)cc2)C1. The van der Waals surface area contributed by atoms with E-state index in [1.807, 2.05) is 42.5 Å². The average molecular weight is 542 g/mol. The second-order valence-corrected chi connectivity index (χ2v) is 10.5. The van der Waals surface area contributed by atoms with Crippen LogP contribution in [-0.2, 0) is 19.1 Å². The number of benzene rings is 2. The minimum absolute atomic E-state index is 0.0122. The van der Waals surface area contributed by atoms with Crippen LogP contribution in [0, 0.1) is 17.8 Å². The van der Waals surface area contributed by atoms with Gasteiger partial charge in [0.25, 0.3) is 0 Å². The summed E-state index contributed by atoms with van der Waals surface area (Å²) in [6.45, 7) is 6.49. The molecule has 1 saturated carbocycles. The Morgan fingerprint density at radius 3 is 2.46 bits per heavy atom. The van der Waals surface area contributed by atoms with Crippen molar-refractivity contribution in [2.45, 2.75) is 52.4 Å². The van der Waals surface area contributed by atoms with E-state index in [-0.39, 0.29) is 17.1 Å². The van der Waals surface area contributed by atoms with Gasteiger partial charge in [-0.25, -0.2) is 9.59 Å². The highest BCUT2D eigenvalue weighted by atomic mass is 79.9. The molecule has 1 aliphatic heterocycles. The van der Waals surface area contributed by atoms with Crippen LogP contribution in [0.2, 0.25) is 0 Å². The van der Waals surface area contributed by atoms with Crippen molar-refractivity contribution in [1.82, 2.24) is 5.32 Å². The smallest absolute Gasteiger partial charge is 0.349 e. The molecule has 35 heavy (non-hydrogen) atoms. The predicted molar refractivity (Wildman–Crippen MR) is 138 cm³/mol. The molecule has 7 heteroatoms. The molecule has 0 radical (unpaired) electrons. The summed E-state index contributed by atoms with van der Waals surface area (Å²) in [5.74, 6) is 0.888. The molecule has 2 aromatic carbocycles. The van der Waals surface area contributed by atoms with E-state index in [2.05, 4.69) is 42.0 Å². The molecule has 0 spiro atoms. The van der Waals surface area contributed by atoms with Gasteiger partial charge < -0.3 is 19.5 Å². The van der Waals surface area contributed by atoms with Gasteiger partial charge in [0.1, 0.15) is 22.5 Å². The van der Waals surface area contributed by atoms with E-state index in [1.165, 1.54) is 6.42 Å². The van der Waals surface area contributed by atoms with Crippen molar-refractivity contribution in [3.63, 3.8) is 0 Å². The van der Waals surface area contributed by atoms with E-state index in [4.69, 9.17) is 14.2 Å². The molecule has 1 N–H and O–H groups in total. The first-order valence-electron chi connectivity index (χ1n) is 12.2. The largest absolute Gasteiger partial charge is 0.426 e. The summed E-state index contributed by atoms with van der Waals surface area (Å²) in [7, 11) is 0. The molecule has 2 aromatic rings. The van der Waals surface area contributed by atoms with Gasteiger partial charge in [-0.2, -0.15) is 0 Å². The molecule has 1 aliphatic carbocycles. The van der Waals surface area contributed by atoms with E-state index in [0.29, 0.717) is 29.2 Å². The number of carbonyl (C=O) groups is 2. The molecule has 4 rings (SSSR count). The minimum Gasteiger partial charge on any atom is -0.426 e. The van der Waals surface area contributed by atoms with E-state index < -0.39 is 18.2 Å². The van der Waals surface area contributed by atoms with Gasteiger partial charge in [0, 0.05) is 0 Å². The molecule has 2 aliphatic rings. The minimum atomic E-state index is -0.869. The van der Waals surface area contributed by atoms with Crippen molar-refractivity contribution in [3.8, 4) is 16.9 Å². The highest BCUT2D eigenvalue weighted by molar-refractivity contribution is 9.12. The van der Waals surface area contributed by atoms with Crippen LogP contribution in [0.3, 0.4) is 0 Å². The van der Waals surface area contributed by atoms with E-state index in [0.717, 1.165) is 24.0 Å². The van der Waals surface area contributed by atoms with Crippen LogP contribution in [0.4, 0.5) is 0 Å². The number of hydrogen-bond acceptors (Lipinski definition) is 6.